The second-order valence-corrected chi connectivity index (χ2v) is 5.14. The lowest BCUT2D eigenvalue weighted by molar-refractivity contribution is 0.401. The molecule has 0 bridgehead atoms. The molecule has 0 N–H and O–H groups in total. The van der Waals surface area contributed by atoms with Crippen LogP contribution in [-0.4, -0.2) is 0 Å². The fourth-order valence-corrected chi connectivity index (χ4v) is 1.62. The van der Waals surface area contributed by atoms with E-state index in [1.165, 1.54) is 24.8 Å². The fraction of sp³-hybridized carbons (Fsp3) is 0.625. The van der Waals surface area contributed by atoms with Crippen molar-refractivity contribution in [3.63, 3.8) is 0 Å². The molecule has 0 saturated carbocycles. The molecule has 0 aliphatic carbocycles. The predicted octanol–water partition coefficient (Wildman–Crippen LogP) is 5.67. The van der Waals surface area contributed by atoms with Gasteiger partial charge in [0, 0.05) is 0 Å². The quantitative estimate of drug-likeness (QED) is 0.462. The molecule has 0 heteroatoms. The maximum Gasteiger partial charge on any atom is -0.0112 e. The molecule has 1 unspecified atom stereocenters. The van der Waals surface area contributed by atoms with Crippen LogP contribution in [0.4, 0.5) is 0 Å². The molecular formula is C16H28. The summed E-state index contributed by atoms with van der Waals surface area (Å²) in [6, 6.07) is 0. The van der Waals surface area contributed by atoms with Gasteiger partial charge in [-0.15, -0.1) is 6.58 Å². The van der Waals surface area contributed by atoms with Gasteiger partial charge < -0.3 is 0 Å². The third-order valence-electron chi connectivity index (χ3n) is 2.97. The summed E-state index contributed by atoms with van der Waals surface area (Å²) in [6.45, 7) is 12.8. The molecule has 0 rings (SSSR count). The number of allylic oxidation sites excluding steroid dienone is 5. The van der Waals surface area contributed by atoms with Crippen LogP contribution < -0.4 is 0 Å². The Balaban J connectivity index is 4.10. The Hall–Kier alpha value is -0.780. The summed E-state index contributed by atoms with van der Waals surface area (Å²) in [5.74, 6) is 0. The van der Waals surface area contributed by atoms with Crippen LogP contribution in [0, 0.1) is 5.41 Å². The molecule has 0 heterocycles. The van der Waals surface area contributed by atoms with E-state index >= 15 is 0 Å². The molecule has 0 aromatic rings. The van der Waals surface area contributed by atoms with E-state index in [4.69, 9.17) is 0 Å². The molecule has 0 amide bonds. The van der Waals surface area contributed by atoms with E-state index < -0.39 is 0 Å². The molecule has 0 fully saturated rings. The minimum absolute atomic E-state index is 0.260. The first-order valence-electron chi connectivity index (χ1n) is 6.46. The van der Waals surface area contributed by atoms with Crippen LogP contribution in [0.2, 0.25) is 0 Å². The van der Waals surface area contributed by atoms with E-state index in [2.05, 4.69) is 58.6 Å². The first-order chi connectivity index (χ1) is 7.54. The van der Waals surface area contributed by atoms with Gasteiger partial charge in [-0.25, -0.2) is 0 Å². The van der Waals surface area contributed by atoms with Gasteiger partial charge in [-0.3, -0.25) is 0 Å². The highest BCUT2D eigenvalue weighted by atomic mass is 14.2. The summed E-state index contributed by atoms with van der Waals surface area (Å²) < 4.78 is 0. The smallest absolute Gasteiger partial charge is 0.0112 e. The lowest BCUT2D eigenvalue weighted by Gasteiger charge is -2.23. The first-order valence-corrected chi connectivity index (χ1v) is 6.46. The largest absolute Gasteiger partial charge is 0.103 e. The van der Waals surface area contributed by atoms with Gasteiger partial charge in [0.15, 0.2) is 0 Å². The van der Waals surface area contributed by atoms with Gasteiger partial charge in [-0.05, 0) is 44.9 Å². The average molecular weight is 220 g/mol. The van der Waals surface area contributed by atoms with Crippen molar-refractivity contribution in [2.45, 2.75) is 59.8 Å². The third-order valence-corrected chi connectivity index (χ3v) is 2.97. The zero-order chi connectivity index (χ0) is 12.4. The molecule has 92 valence electrons. The SMILES string of the molecule is C=CC(C)(C/C=C/CCC)CCC=C(C)C. The van der Waals surface area contributed by atoms with Crippen molar-refractivity contribution in [3.8, 4) is 0 Å². The van der Waals surface area contributed by atoms with Crippen molar-refractivity contribution in [2.75, 3.05) is 0 Å². The van der Waals surface area contributed by atoms with Crippen LogP contribution >= 0.6 is 0 Å². The Bertz CT molecular complexity index is 241. The normalized spacial score (nSPS) is 14.8. The van der Waals surface area contributed by atoms with Gasteiger partial charge >= 0.3 is 0 Å². The summed E-state index contributed by atoms with van der Waals surface area (Å²) in [7, 11) is 0. The number of unbranched alkanes of at least 4 members (excludes halogenated alkanes) is 1. The summed E-state index contributed by atoms with van der Waals surface area (Å²) in [6.07, 6.45) is 14.9. The molecule has 0 aromatic carbocycles. The highest BCUT2D eigenvalue weighted by Gasteiger charge is 2.16. The minimum atomic E-state index is 0.260. The van der Waals surface area contributed by atoms with Gasteiger partial charge in [0.2, 0.25) is 0 Å². The highest BCUT2D eigenvalue weighted by Crippen LogP contribution is 2.29. The third kappa shape index (κ3) is 7.50. The number of rotatable bonds is 8. The summed E-state index contributed by atoms with van der Waals surface area (Å²) in [4.78, 5) is 0. The Morgan fingerprint density at radius 2 is 1.88 bits per heavy atom. The zero-order valence-corrected chi connectivity index (χ0v) is 11.6. The second-order valence-electron chi connectivity index (χ2n) is 5.14. The maximum absolute atomic E-state index is 3.97. The number of hydrogen-bond acceptors (Lipinski definition) is 0. The molecule has 0 aliphatic heterocycles. The van der Waals surface area contributed by atoms with Crippen molar-refractivity contribution in [1.29, 1.82) is 0 Å². The predicted molar refractivity (Wildman–Crippen MR) is 75.6 cm³/mol. The zero-order valence-electron chi connectivity index (χ0n) is 11.6. The molecule has 0 radical (unpaired) electrons. The van der Waals surface area contributed by atoms with E-state index in [-0.39, 0.29) is 5.41 Å². The van der Waals surface area contributed by atoms with Crippen LogP contribution in [0.3, 0.4) is 0 Å². The van der Waals surface area contributed by atoms with Crippen LogP contribution in [0.1, 0.15) is 59.8 Å². The van der Waals surface area contributed by atoms with E-state index in [1.807, 2.05) is 0 Å². The van der Waals surface area contributed by atoms with Crippen LogP contribution in [-0.2, 0) is 0 Å². The van der Waals surface area contributed by atoms with E-state index in [9.17, 15) is 0 Å². The molecule has 0 aromatic heterocycles. The fourth-order valence-electron chi connectivity index (χ4n) is 1.62. The van der Waals surface area contributed by atoms with Crippen LogP contribution in [0.15, 0.2) is 36.5 Å². The lowest BCUT2D eigenvalue weighted by Crippen LogP contribution is -2.11. The van der Waals surface area contributed by atoms with Crippen molar-refractivity contribution >= 4 is 0 Å². The van der Waals surface area contributed by atoms with E-state index in [0.717, 1.165) is 12.8 Å². The maximum atomic E-state index is 3.97. The van der Waals surface area contributed by atoms with Crippen LogP contribution in [0.25, 0.3) is 0 Å². The number of hydrogen-bond donors (Lipinski definition) is 0. The second kappa shape index (κ2) is 8.38. The lowest BCUT2D eigenvalue weighted by atomic mass is 9.82. The van der Waals surface area contributed by atoms with Gasteiger partial charge in [0.1, 0.15) is 0 Å². The monoisotopic (exact) mass is 220 g/mol. The van der Waals surface area contributed by atoms with E-state index in [0.29, 0.717) is 0 Å². The van der Waals surface area contributed by atoms with Crippen LogP contribution in [0.5, 0.6) is 0 Å². The van der Waals surface area contributed by atoms with Gasteiger partial charge in [-0.1, -0.05) is 50.1 Å². The minimum Gasteiger partial charge on any atom is -0.103 e. The van der Waals surface area contributed by atoms with Crippen molar-refractivity contribution < 1.29 is 0 Å². The molecule has 0 aliphatic rings. The first kappa shape index (κ1) is 15.2. The standard InChI is InChI=1S/C16H28/c1-6-8-9-10-13-16(5,7-2)14-11-12-15(3)4/h7,9-10,12H,2,6,8,11,13-14H2,1,3-5H3/b10-9+. The topological polar surface area (TPSA) is 0 Å². The van der Waals surface area contributed by atoms with Gasteiger partial charge in [0.25, 0.3) is 0 Å². The van der Waals surface area contributed by atoms with Crippen molar-refractivity contribution in [1.82, 2.24) is 0 Å². The Kier molecular flexibility index (Phi) is 7.97. The molecule has 0 nitrogen and oxygen atoms in total. The van der Waals surface area contributed by atoms with Gasteiger partial charge in [0.05, 0.1) is 0 Å². The Morgan fingerprint density at radius 1 is 1.19 bits per heavy atom. The molecule has 0 spiro atoms. The summed E-state index contributed by atoms with van der Waals surface area (Å²) in [5.41, 5.74) is 1.67. The molecule has 0 saturated heterocycles. The van der Waals surface area contributed by atoms with Crippen molar-refractivity contribution in [3.05, 3.63) is 36.5 Å². The summed E-state index contributed by atoms with van der Waals surface area (Å²) >= 11 is 0. The molecule has 1 atom stereocenters. The molecular weight excluding hydrogens is 192 g/mol. The van der Waals surface area contributed by atoms with Crippen molar-refractivity contribution in [2.24, 2.45) is 5.41 Å². The summed E-state index contributed by atoms with van der Waals surface area (Å²) in [5, 5.41) is 0. The average Bonchev–Trinajstić information content (AvgIpc) is 2.24. The van der Waals surface area contributed by atoms with E-state index in [1.54, 1.807) is 0 Å². The molecule has 16 heavy (non-hydrogen) atoms. The Morgan fingerprint density at radius 3 is 2.38 bits per heavy atom. The Labute approximate surface area is 102 Å². The van der Waals surface area contributed by atoms with Gasteiger partial charge in [-0.2, -0.15) is 0 Å². The highest BCUT2D eigenvalue weighted by molar-refractivity contribution is 5.01.